The van der Waals surface area contributed by atoms with Gasteiger partial charge in [-0.3, -0.25) is 4.98 Å². The van der Waals surface area contributed by atoms with Gasteiger partial charge in [0.15, 0.2) is 0 Å². The number of pyridine rings is 1. The first-order valence-corrected chi connectivity index (χ1v) is 10.5. The fourth-order valence-electron chi connectivity index (χ4n) is 3.84. The minimum Gasteiger partial charge on any atom is -0.475 e. The Balaban J connectivity index is 0.000000406. The summed E-state index contributed by atoms with van der Waals surface area (Å²) in [7, 11) is 0. The minimum absolute atomic E-state index is 0.0159. The highest BCUT2D eigenvalue weighted by Gasteiger charge is 2.38. The van der Waals surface area contributed by atoms with Crippen molar-refractivity contribution in [2.24, 2.45) is 5.92 Å². The summed E-state index contributed by atoms with van der Waals surface area (Å²) in [5, 5.41) is 20.8. The zero-order valence-electron chi connectivity index (χ0n) is 18.0. The number of benzene rings is 1. The van der Waals surface area contributed by atoms with Crippen molar-refractivity contribution in [1.82, 2.24) is 19.9 Å². The van der Waals surface area contributed by atoms with E-state index in [2.05, 4.69) is 15.3 Å². The number of carbonyl (C=O) groups is 1. The second-order valence-corrected chi connectivity index (χ2v) is 8.00. The lowest BCUT2D eigenvalue weighted by molar-refractivity contribution is -0.192. The lowest BCUT2D eigenvalue weighted by Gasteiger charge is -2.17. The standard InChI is InChI=1S/C21H23FN4O.C2HF3O2/c22-19-11-17(16-3-5-23-6-4-16)1-2-18(19)12-25-20-9-15(10-21(20)27)13-26-8-7-24-14-26;3-2(4,5)1(6)7/h1-8,11,14-15,20-21,25,27H,9-10,12-13H2;(H,6,7)/t15?,20-,21-;/m1./s1. The van der Waals surface area contributed by atoms with Crippen molar-refractivity contribution in [2.45, 2.75) is 44.3 Å². The molecule has 7 nitrogen and oxygen atoms in total. The maximum atomic E-state index is 14.5. The predicted octanol–water partition coefficient (Wildman–Crippen LogP) is 3.65. The smallest absolute Gasteiger partial charge is 0.475 e. The van der Waals surface area contributed by atoms with Crippen LogP contribution in [0.3, 0.4) is 0 Å². The van der Waals surface area contributed by atoms with Gasteiger partial charge in [-0.05, 0) is 48.1 Å². The van der Waals surface area contributed by atoms with Crippen LogP contribution in [-0.4, -0.2) is 49.0 Å². The molecule has 1 aliphatic carbocycles. The number of rotatable bonds is 6. The lowest BCUT2D eigenvalue weighted by Crippen LogP contribution is -2.35. The quantitative estimate of drug-likeness (QED) is 0.466. The summed E-state index contributed by atoms with van der Waals surface area (Å²) < 4.78 is 48.3. The molecule has 11 heteroatoms. The molecular formula is C23H24F4N4O3. The Morgan fingerprint density at radius 3 is 2.38 bits per heavy atom. The van der Waals surface area contributed by atoms with Crippen molar-refractivity contribution in [2.75, 3.05) is 0 Å². The topological polar surface area (TPSA) is 100 Å². The van der Waals surface area contributed by atoms with Crippen molar-refractivity contribution >= 4 is 5.97 Å². The first-order chi connectivity index (χ1) is 16.1. The molecule has 0 amide bonds. The first kappa shape index (κ1) is 25.3. The van der Waals surface area contributed by atoms with Crippen LogP contribution < -0.4 is 5.32 Å². The van der Waals surface area contributed by atoms with Crippen LogP contribution in [0.4, 0.5) is 17.6 Å². The van der Waals surface area contributed by atoms with Gasteiger partial charge in [0.25, 0.3) is 0 Å². The Hall–Kier alpha value is -3.31. The molecule has 4 rings (SSSR count). The summed E-state index contributed by atoms with van der Waals surface area (Å²) >= 11 is 0. The third-order valence-corrected chi connectivity index (χ3v) is 5.52. The number of aromatic nitrogens is 3. The number of nitrogens with zero attached hydrogens (tertiary/aromatic N) is 3. The van der Waals surface area contributed by atoms with Gasteiger partial charge in [0.1, 0.15) is 5.82 Å². The second kappa shape index (κ2) is 11.2. The van der Waals surface area contributed by atoms with Crippen molar-refractivity contribution < 1.29 is 32.6 Å². The van der Waals surface area contributed by atoms with E-state index < -0.39 is 18.2 Å². The lowest BCUT2D eigenvalue weighted by atomic mass is 10.0. The van der Waals surface area contributed by atoms with Crippen LogP contribution in [0.1, 0.15) is 18.4 Å². The molecule has 1 saturated carbocycles. The summed E-state index contributed by atoms with van der Waals surface area (Å²) in [4.78, 5) is 16.9. The van der Waals surface area contributed by atoms with E-state index >= 15 is 0 Å². The van der Waals surface area contributed by atoms with Crippen molar-refractivity contribution in [3.8, 4) is 11.1 Å². The van der Waals surface area contributed by atoms with E-state index in [0.29, 0.717) is 18.0 Å². The second-order valence-electron chi connectivity index (χ2n) is 8.00. The monoisotopic (exact) mass is 480 g/mol. The van der Waals surface area contributed by atoms with Crippen LogP contribution in [-0.2, 0) is 17.9 Å². The number of alkyl halides is 3. The number of carboxylic acids is 1. The summed E-state index contributed by atoms with van der Waals surface area (Å²) in [5.41, 5.74) is 2.38. The number of nitrogens with one attached hydrogen (secondary N) is 1. The normalized spacial score (nSPS) is 20.0. The maximum Gasteiger partial charge on any atom is 0.490 e. The van der Waals surface area contributed by atoms with Gasteiger partial charge < -0.3 is 20.1 Å². The molecule has 0 saturated heterocycles. The average molecular weight is 480 g/mol. The van der Waals surface area contributed by atoms with E-state index in [4.69, 9.17) is 9.90 Å². The van der Waals surface area contributed by atoms with Gasteiger partial charge in [-0.1, -0.05) is 12.1 Å². The van der Waals surface area contributed by atoms with Crippen LogP contribution >= 0.6 is 0 Å². The van der Waals surface area contributed by atoms with E-state index in [1.165, 1.54) is 0 Å². The Kier molecular flexibility index (Phi) is 8.35. The number of imidazole rings is 1. The average Bonchev–Trinajstić information content (AvgIpc) is 3.43. The molecule has 0 radical (unpaired) electrons. The molecule has 0 aliphatic heterocycles. The van der Waals surface area contributed by atoms with Gasteiger partial charge in [0.05, 0.1) is 12.4 Å². The molecule has 2 aromatic heterocycles. The van der Waals surface area contributed by atoms with E-state index in [9.17, 15) is 22.7 Å². The fraction of sp³-hybridized carbons (Fsp3) is 0.348. The molecule has 1 aliphatic rings. The highest BCUT2D eigenvalue weighted by molar-refractivity contribution is 5.73. The first-order valence-electron chi connectivity index (χ1n) is 10.5. The molecule has 3 N–H and O–H groups in total. The van der Waals surface area contributed by atoms with Crippen LogP contribution in [0.15, 0.2) is 61.4 Å². The molecule has 3 aromatic rings. The Bertz CT molecular complexity index is 1060. The summed E-state index contributed by atoms with van der Waals surface area (Å²) in [6.45, 7) is 1.26. The van der Waals surface area contributed by atoms with Crippen LogP contribution in [0, 0.1) is 11.7 Å². The number of hydrogen-bond acceptors (Lipinski definition) is 5. The summed E-state index contributed by atoms with van der Waals surface area (Å²) in [5.74, 6) is -2.60. The molecule has 1 unspecified atom stereocenters. The summed E-state index contributed by atoms with van der Waals surface area (Å²) in [6.07, 6.45) is 5.03. The van der Waals surface area contributed by atoms with E-state index in [1.54, 1.807) is 31.0 Å². The van der Waals surface area contributed by atoms with Gasteiger partial charge in [-0.25, -0.2) is 14.2 Å². The molecule has 3 atom stereocenters. The molecule has 1 fully saturated rings. The number of aliphatic carboxylic acids is 1. The maximum absolute atomic E-state index is 14.5. The van der Waals surface area contributed by atoms with E-state index in [1.807, 2.05) is 35.0 Å². The van der Waals surface area contributed by atoms with Crippen molar-refractivity contribution in [1.29, 1.82) is 0 Å². The van der Waals surface area contributed by atoms with Crippen LogP contribution in [0.5, 0.6) is 0 Å². The largest absolute Gasteiger partial charge is 0.490 e. The Morgan fingerprint density at radius 1 is 1.09 bits per heavy atom. The number of aliphatic hydroxyl groups excluding tert-OH is 1. The molecule has 2 heterocycles. The van der Waals surface area contributed by atoms with Gasteiger partial charge in [0.2, 0.25) is 0 Å². The highest BCUT2D eigenvalue weighted by atomic mass is 19.4. The van der Waals surface area contributed by atoms with Crippen LogP contribution in [0.25, 0.3) is 11.1 Å². The van der Waals surface area contributed by atoms with Crippen molar-refractivity contribution in [3.05, 3.63) is 72.8 Å². The fourth-order valence-corrected chi connectivity index (χ4v) is 3.84. The predicted molar refractivity (Wildman–Crippen MR) is 115 cm³/mol. The summed E-state index contributed by atoms with van der Waals surface area (Å²) in [6, 6.07) is 8.99. The third kappa shape index (κ3) is 7.09. The van der Waals surface area contributed by atoms with Gasteiger partial charge in [0, 0.05) is 49.5 Å². The van der Waals surface area contributed by atoms with Gasteiger partial charge >= 0.3 is 12.1 Å². The molecule has 0 bridgehead atoms. The Labute approximate surface area is 193 Å². The molecule has 1 aromatic carbocycles. The third-order valence-electron chi connectivity index (χ3n) is 5.52. The van der Waals surface area contributed by atoms with E-state index in [-0.39, 0.29) is 11.9 Å². The SMILES string of the molecule is O=C(O)C(F)(F)F.O[C@@H]1CC(Cn2ccnc2)C[C@H]1NCc1ccc(-c2ccncc2)cc1F. The number of aliphatic hydroxyl groups is 1. The van der Waals surface area contributed by atoms with Gasteiger partial charge in [-0.2, -0.15) is 13.2 Å². The number of carboxylic acid groups (broad SMARTS) is 1. The molecule has 182 valence electrons. The number of halogens is 4. The zero-order chi connectivity index (χ0) is 24.7. The van der Waals surface area contributed by atoms with Gasteiger partial charge in [-0.15, -0.1) is 0 Å². The molecule has 34 heavy (non-hydrogen) atoms. The highest BCUT2D eigenvalue weighted by Crippen LogP contribution is 2.28. The minimum atomic E-state index is -5.08. The number of hydrogen-bond donors (Lipinski definition) is 3. The van der Waals surface area contributed by atoms with E-state index in [0.717, 1.165) is 30.5 Å². The Morgan fingerprint density at radius 2 is 1.79 bits per heavy atom. The molecule has 0 spiro atoms. The molecular weight excluding hydrogens is 456 g/mol. The van der Waals surface area contributed by atoms with Crippen LogP contribution in [0.2, 0.25) is 0 Å². The van der Waals surface area contributed by atoms with Crippen molar-refractivity contribution in [3.63, 3.8) is 0 Å². The zero-order valence-corrected chi connectivity index (χ0v) is 18.0.